The molecule has 0 rings (SSSR count). The highest BCUT2D eigenvalue weighted by Gasteiger charge is 2.30. The first-order valence-corrected chi connectivity index (χ1v) is 38.7. The van der Waals surface area contributed by atoms with Crippen molar-refractivity contribution in [2.24, 2.45) is 23.7 Å². The predicted molar refractivity (Wildman–Crippen MR) is 354 cm³/mol. The van der Waals surface area contributed by atoms with E-state index in [0.29, 0.717) is 31.6 Å². The molecule has 0 radical (unpaired) electrons. The highest BCUT2D eigenvalue weighted by molar-refractivity contribution is 7.47. The number of aliphatic hydroxyl groups is 1. The van der Waals surface area contributed by atoms with Gasteiger partial charge in [0.25, 0.3) is 0 Å². The minimum Gasteiger partial charge on any atom is -0.462 e. The van der Waals surface area contributed by atoms with Crippen molar-refractivity contribution < 1.29 is 80.2 Å². The fourth-order valence-electron chi connectivity index (χ4n) is 10.3. The number of carbonyl (C=O) groups excluding carboxylic acids is 4. The fourth-order valence-corrected chi connectivity index (χ4v) is 11.9. The van der Waals surface area contributed by atoms with Gasteiger partial charge in [-0.3, -0.25) is 37.3 Å². The van der Waals surface area contributed by atoms with Gasteiger partial charge in [-0.2, -0.15) is 0 Å². The van der Waals surface area contributed by atoms with Crippen molar-refractivity contribution in [1.29, 1.82) is 0 Å². The largest absolute Gasteiger partial charge is 0.472 e. The van der Waals surface area contributed by atoms with E-state index < -0.39 is 97.5 Å². The van der Waals surface area contributed by atoms with E-state index in [0.717, 1.165) is 114 Å². The van der Waals surface area contributed by atoms with Gasteiger partial charge >= 0.3 is 39.5 Å². The van der Waals surface area contributed by atoms with E-state index in [1.807, 2.05) is 0 Å². The summed E-state index contributed by atoms with van der Waals surface area (Å²) in [5.41, 5.74) is 0. The lowest BCUT2D eigenvalue weighted by atomic mass is 10.00. The molecule has 0 aliphatic heterocycles. The Bertz CT molecular complexity index is 1750. The SMILES string of the molecule is CCC(C)CCCCCCCCC(=O)OC[C@H](COP(=O)(O)OC[C@H](O)COP(=O)(O)OC[C@@H](COC(=O)CCCCCCCCCCCC(C)C)OC(=O)CCCCCCCCCC(C)C)OC(=O)CCCCCCCCCCCCCCCC(C)C. The minimum absolute atomic E-state index is 0.102. The molecule has 3 N–H and O–H groups in total. The minimum atomic E-state index is -4.95. The van der Waals surface area contributed by atoms with Crippen LogP contribution in [0.1, 0.15) is 338 Å². The lowest BCUT2D eigenvalue weighted by Crippen LogP contribution is -2.30. The topological polar surface area (TPSA) is 237 Å². The molecule has 19 heteroatoms. The second-order valence-electron chi connectivity index (χ2n) is 26.6. The van der Waals surface area contributed by atoms with Crippen LogP contribution in [0.25, 0.3) is 0 Å². The smallest absolute Gasteiger partial charge is 0.462 e. The number of esters is 4. The van der Waals surface area contributed by atoms with E-state index in [2.05, 4.69) is 55.4 Å². The Morgan fingerprint density at radius 1 is 0.318 bits per heavy atom. The molecule has 0 saturated carbocycles. The predicted octanol–water partition coefficient (Wildman–Crippen LogP) is 19.3. The number of hydrogen-bond acceptors (Lipinski definition) is 15. The summed E-state index contributed by atoms with van der Waals surface area (Å²) in [6.07, 6.45) is 40.4. The fraction of sp³-hybridized carbons (Fsp3) is 0.942. The van der Waals surface area contributed by atoms with E-state index in [1.54, 1.807) is 0 Å². The van der Waals surface area contributed by atoms with Crippen molar-refractivity contribution in [2.45, 2.75) is 356 Å². The van der Waals surface area contributed by atoms with Crippen molar-refractivity contribution >= 4 is 39.5 Å². The van der Waals surface area contributed by atoms with Gasteiger partial charge in [0.1, 0.15) is 19.3 Å². The van der Waals surface area contributed by atoms with Crippen molar-refractivity contribution in [3.05, 3.63) is 0 Å². The Morgan fingerprint density at radius 2 is 0.545 bits per heavy atom. The Kier molecular flexibility index (Phi) is 57.6. The standard InChI is InChI=1S/C69H134O17P2/c1-9-62(8)48-40-32-27-28-34-42-50-67(72)80-56-65(85-68(73)51-43-35-25-18-14-12-10-11-13-16-21-29-37-45-59(2)3)58-84-88(77,78)82-54-63(70)53-81-87(75,76)83-57-64(86-69(74)52-44-36-26-20-23-31-39-47-61(6)7)55-79-66(71)49-41-33-24-19-15-17-22-30-38-46-60(4)5/h59-65,70H,9-58H2,1-8H3,(H,75,76)(H,77,78)/t62?,63-,64-,65-/m1/s1. The Hall–Kier alpha value is -1.94. The summed E-state index contributed by atoms with van der Waals surface area (Å²) in [4.78, 5) is 72.5. The maximum absolute atomic E-state index is 13.0. The average molecular weight is 1300 g/mol. The van der Waals surface area contributed by atoms with Crippen LogP contribution < -0.4 is 0 Å². The molecule has 0 aromatic carbocycles. The second-order valence-corrected chi connectivity index (χ2v) is 29.5. The van der Waals surface area contributed by atoms with E-state index in [4.69, 9.17) is 37.0 Å². The van der Waals surface area contributed by atoms with Gasteiger partial charge < -0.3 is 33.8 Å². The Balaban J connectivity index is 5.24. The summed E-state index contributed by atoms with van der Waals surface area (Å²) in [5, 5.41) is 10.6. The van der Waals surface area contributed by atoms with E-state index in [-0.39, 0.29) is 25.7 Å². The van der Waals surface area contributed by atoms with Crippen LogP contribution in [0.15, 0.2) is 0 Å². The summed E-state index contributed by atoms with van der Waals surface area (Å²) < 4.78 is 68.2. The zero-order valence-electron chi connectivity index (χ0n) is 57.3. The first-order valence-electron chi connectivity index (χ1n) is 35.7. The summed E-state index contributed by atoms with van der Waals surface area (Å²) in [6.45, 7) is 14.0. The quantitative estimate of drug-likeness (QED) is 0.0222. The van der Waals surface area contributed by atoms with Crippen LogP contribution >= 0.6 is 15.6 Å². The van der Waals surface area contributed by atoms with Gasteiger partial charge in [-0.1, -0.05) is 287 Å². The first-order chi connectivity index (χ1) is 42.1. The zero-order valence-corrected chi connectivity index (χ0v) is 59.1. The highest BCUT2D eigenvalue weighted by Crippen LogP contribution is 2.45. The maximum atomic E-state index is 13.0. The molecular weight excluding hydrogens is 1160 g/mol. The zero-order chi connectivity index (χ0) is 65.4. The van der Waals surface area contributed by atoms with Crippen molar-refractivity contribution in [2.75, 3.05) is 39.6 Å². The molecule has 0 fully saturated rings. The number of aliphatic hydroxyl groups excluding tert-OH is 1. The summed E-state index contributed by atoms with van der Waals surface area (Å²) in [5.74, 6) is 0.823. The van der Waals surface area contributed by atoms with Gasteiger partial charge in [-0.25, -0.2) is 9.13 Å². The van der Waals surface area contributed by atoms with E-state index >= 15 is 0 Å². The lowest BCUT2D eigenvalue weighted by Gasteiger charge is -2.21. The van der Waals surface area contributed by atoms with Crippen molar-refractivity contribution in [3.63, 3.8) is 0 Å². The summed E-state index contributed by atoms with van der Waals surface area (Å²) >= 11 is 0. The monoisotopic (exact) mass is 1300 g/mol. The molecule has 6 atom stereocenters. The third kappa shape index (κ3) is 61.6. The third-order valence-electron chi connectivity index (χ3n) is 16.2. The molecule has 522 valence electrons. The number of ether oxygens (including phenoxy) is 4. The van der Waals surface area contributed by atoms with Gasteiger partial charge in [0.2, 0.25) is 0 Å². The summed E-state index contributed by atoms with van der Waals surface area (Å²) in [7, 11) is -9.90. The first kappa shape index (κ1) is 86.1. The number of rotatable bonds is 66. The molecule has 88 heavy (non-hydrogen) atoms. The number of phosphoric acid groups is 2. The molecule has 0 spiro atoms. The molecule has 0 heterocycles. The molecule has 0 saturated heterocycles. The number of carbonyl (C=O) groups is 4. The molecule has 0 aromatic heterocycles. The van der Waals surface area contributed by atoms with Crippen LogP contribution in [-0.2, 0) is 65.4 Å². The lowest BCUT2D eigenvalue weighted by molar-refractivity contribution is -0.161. The van der Waals surface area contributed by atoms with Crippen molar-refractivity contribution in [1.82, 2.24) is 0 Å². The summed E-state index contributed by atoms with van der Waals surface area (Å²) in [6, 6.07) is 0. The highest BCUT2D eigenvalue weighted by atomic mass is 31.2. The molecule has 0 aromatic rings. The number of phosphoric ester groups is 2. The Morgan fingerprint density at radius 3 is 0.807 bits per heavy atom. The molecule has 0 aliphatic carbocycles. The molecule has 17 nitrogen and oxygen atoms in total. The molecular formula is C69H134O17P2. The van der Waals surface area contributed by atoms with E-state index in [9.17, 15) is 43.2 Å². The number of hydrogen-bond donors (Lipinski definition) is 3. The number of unbranched alkanes of at least 4 members (excludes halogenated alkanes) is 31. The van der Waals surface area contributed by atoms with Crippen LogP contribution in [0.2, 0.25) is 0 Å². The molecule has 0 amide bonds. The third-order valence-corrected chi connectivity index (χ3v) is 18.1. The molecule has 3 unspecified atom stereocenters. The van der Waals surface area contributed by atoms with Gasteiger partial charge in [0.05, 0.1) is 26.4 Å². The van der Waals surface area contributed by atoms with E-state index in [1.165, 1.54) is 135 Å². The van der Waals surface area contributed by atoms with Gasteiger partial charge in [-0.05, 0) is 49.4 Å². The van der Waals surface area contributed by atoms with Crippen LogP contribution in [0.3, 0.4) is 0 Å². The van der Waals surface area contributed by atoms with Crippen LogP contribution in [0, 0.1) is 23.7 Å². The Labute approximate surface area is 537 Å². The van der Waals surface area contributed by atoms with Gasteiger partial charge in [0, 0.05) is 25.7 Å². The van der Waals surface area contributed by atoms with Crippen LogP contribution in [0.4, 0.5) is 0 Å². The normalized spacial score (nSPS) is 14.6. The second kappa shape index (κ2) is 58.8. The molecule has 0 aliphatic rings. The van der Waals surface area contributed by atoms with Gasteiger partial charge in [0.15, 0.2) is 12.2 Å². The van der Waals surface area contributed by atoms with Crippen molar-refractivity contribution in [3.8, 4) is 0 Å². The molecule has 0 bridgehead atoms. The van der Waals surface area contributed by atoms with Crippen LogP contribution in [-0.4, -0.2) is 96.7 Å². The van der Waals surface area contributed by atoms with Crippen LogP contribution in [0.5, 0.6) is 0 Å². The average Bonchev–Trinajstić information content (AvgIpc) is 3.57. The maximum Gasteiger partial charge on any atom is 0.472 e. The van der Waals surface area contributed by atoms with Gasteiger partial charge in [-0.15, -0.1) is 0 Å².